The summed E-state index contributed by atoms with van der Waals surface area (Å²) in [6, 6.07) is 0.300. The smallest absolute Gasteiger partial charge is 0.134 e. The van der Waals surface area contributed by atoms with Gasteiger partial charge in [-0.2, -0.15) is 0 Å². The van der Waals surface area contributed by atoms with Crippen molar-refractivity contribution in [3.8, 4) is 0 Å². The van der Waals surface area contributed by atoms with Gasteiger partial charge in [0.05, 0.1) is 12.1 Å². The Morgan fingerprint density at radius 1 is 1.47 bits per heavy atom. The lowest BCUT2D eigenvalue weighted by Gasteiger charge is -2.13. The Morgan fingerprint density at radius 3 is 3.00 bits per heavy atom. The molecule has 0 saturated carbocycles. The molecule has 2 rings (SSSR count). The van der Waals surface area contributed by atoms with E-state index in [0.29, 0.717) is 18.1 Å². The van der Waals surface area contributed by atoms with E-state index in [1.54, 1.807) is 11.3 Å². The number of nitrogens with one attached hydrogen (secondary N) is 1. The maximum atomic E-state index is 5.71. The van der Waals surface area contributed by atoms with E-state index in [2.05, 4.69) is 36.3 Å². The second-order valence-corrected chi connectivity index (χ2v) is 5.51. The van der Waals surface area contributed by atoms with E-state index in [1.807, 2.05) is 0 Å². The van der Waals surface area contributed by atoms with Crippen LogP contribution < -0.4 is 5.32 Å². The summed E-state index contributed by atoms with van der Waals surface area (Å²) in [5, 5.41) is 14.2. The third-order valence-electron chi connectivity index (χ3n) is 3.27. The SMILES string of the molecule is CCNC(C)c1nnc(C2CCOC2CC)s1. The summed E-state index contributed by atoms with van der Waals surface area (Å²) < 4.78 is 5.71. The summed E-state index contributed by atoms with van der Waals surface area (Å²) in [7, 11) is 0. The fourth-order valence-electron chi connectivity index (χ4n) is 2.30. The van der Waals surface area contributed by atoms with Crippen molar-refractivity contribution in [2.75, 3.05) is 13.2 Å². The first kappa shape index (κ1) is 12.9. The van der Waals surface area contributed by atoms with Crippen LogP contribution in [-0.2, 0) is 4.74 Å². The molecular weight excluding hydrogens is 234 g/mol. The highest BCUT2D eigenvalue weighted by Crippen LogP contribution is 2.35. The number of aromatic nitrogens is 2. The molecule has 1 saturated heterocycles. The molecular formula is C12H21N3OS. The molecule has 0 amide bonds. The largest absolute Gasteiger partial charge is 0.377 e. The molecule has 1 aliphatic heterocycles. The zero-order chi connectivity index (χ0) is 12.3. The van der Waals surface area contributed by atoms with Crippen LogP contribution in [0.3, 0.4) is 0 Å². The third-order valence-corrected chi connectivity index (χ3v) is 4.50. The topological polar surface area (TPSA) is 47.0 Å². The minimum atomic E-state index is 0.300. The van der Waals surface area contributed by atoms with E-state index in [9.17, 15) is 0 Å². The molecule has 1 N–H and O–H groups in total. The molecule has 17 heavy (non-hydrogen) atoms. The minimum Gasteiger partial charge on any atom is -0.377 e. The molecule has 0 aromatic carbocycles. The molecule has 1 aromatic heterocycles. The highest BCUT2D eigenvalue weighted by Gasteiger charge is 2.31. The van der Waals surface area contributed by atoms with Gasteiger partial charge in [-0.3, -0.25) is 0 Å². The van der Waals surface area contributed by atoms with E-state index >= 15 is 0 Å². The van der Waals surface area contributed by atoms with Gasteiger partial charge >= 0.3 is 0 Å². The highest BCUT2D eigenvalue weighted by atomic mass is 32.1. The summed E-state index contributed by atoms with van der Waals surface area (Å²) in [4.78, 5) is 0. The van der Waals surface area contributed by atoms with Crippen molar-refractivity contribution >= 4 is 11.3 Å². The minimum absolute atomic E-state index is 0.300. The predicted molar refractivity (Wildman–Crippen MR) is 69.4 cm³/mol. The first-order chi connectivity index (χ1) is 8.26. The van der Waals surface area contributed by atoms with Crippen molar-refractivity contribution in [3.63, 3.8) is 0 Å². The number of ether oxygens (including phenoxy) is 1. The maximum Gasteiger partial charge on any atom is 0.134 e. The molecule has 0 bridgehead atoms. The molecule has 0 radical (unpaired) electrons. The third kappa shape index (κ3) is 2.84. The zero-order valence-corrected chi connectivity index (χ0v) is 11.6. The standard InChI is InChI=1S/C12H21N3OS/c1-4-10-9(6-7-16-10)12-15-14-11(17-12)8(3)13-5-2/h8-10,13H,4-7H2,1-3H3. The van der Waals surface area contributed by atoms with Gasteiger partial charge < -0.3 is 10.1 Å². The van der Waals surface area contributed by atoms with Crippen molar-refractivity contribution in [1.82, 2.24) is 15.5 Å². The summed E-state index contributed by atoms with van der Waals surface area (Å²) in [5.41, 5.74) is 0. The Balaban J connectivity index is 2.07. The van der Waals surface area contributed by atoms with Crippen LogP contribution in [0.1, 0.15) is 55.6 Å². The average molecular weight is 255 g/mol. The van der Waals surface area contributed by atoms with Crippen molar-refractivity contribution in [1.29, 1.82) is 0 Å². The fourth-order valence-corrected chi connectivity index (χ4v) is 3.36. The molecule has 0 aliphatic carbocycles. The normalized spacial score (nSPS) is 26.3. The van der Waals surface area contributed by atoms with Crippen LogP contribution in [0.2, 0.25) is 0 Å². The zero-order valence-electron chi connectivity index (χ0n) is 10.8. The van der Waals surface area contributed by atoms with Crippen LogP contribution in [0.25, 0.3) is 0 Å². The number of hydrogen-bond donors (Lipinski definition) is 1. The van der Waals surface area contributed by atoms with Gasteiger partial charge in [-0.25, -0.2) is 0 Å². The van der Waals surface area contributed by atoms with Crippen LogP contribution in [0.15, 0.2) is 0 Å². The lowest BCUT2D eigenvalue weighted by Crippen LogP contribution is -2.17. The lowest BCUT2D eigenvalue weighted by molar-refractivity contribution is 0.100. The van der Waals surface area contributed by atoms with Crippen molar-refractivity contribution in [2.45, 2.75) is 51.7 Å². The average Bonchev–Trinajstić information content (AvgIpc) is 2.97. The van der Waals surface area contributed by atoms with Crippen LogP contribution >= 0.6 is 11.3 Å². The quantitative estimate of drug-likeness (QED) is 0.878. The number of hydrogen-bond acceptors (Lipinski definition) is 5. The lowest BCUT2D eigenvalue weighted by atomic mass is 10.0. The van der Waals surface area contributed by atoms with Crippen LogP contribution in [0.5, 0.6) is 0 Å². The van der Waals surface area contributed by atoms with Crippen LogP contribution in [0.4, 0.5) is 0 Å². The van der Waals surface area contributed by atoms with E-state index in [4.69, 9.17) is 4.74 Å². The second kappa shape index (κ2) is 5.89. The molecule has 1 fully saturated rings. The molecule has 4 nitrogen and oxygen atoms in total. The molecule has 3 atom stereocenters. The Morgan fingerprint density at radius 2 is 2.29 bits per heavy atom. The summed E-state index contributed by atoms with van der Waals surface area (Å²) in [6.45, 7) is 8.24. The van der Waals surface area contributed by atoms with Gasteiger partial charge in [0, 0.05) is 12.5 Å². The molecule has 3 unspecified atom stereocenters. The van der Waals surface area contributed by atoms with Crippen molar-refractivity contribution in [2.24, 2.45) is 0 Å². The van der Waals surface area contributed by atoms with E-state index in [-0.39, 0.29) is 0 Å². The van der Waals surface area contributed by atoms with Crippen LogP contribution in [-0.4, -0.2) is 29.5 Å². The Kier molecular flexibility index (Phi) is 4.48. The molecule has 2 heterocycles. The van der Waals surface area contributed by atoms with Gasteiger partial charge in [0.25, 0.3) is 0 Å². The number of nitrogens with zero attached hydrogens (tertiary/aromatic N) is 2. The molecule has 0 spiro atoms. The Labute approximate surface area is 107 Å². The molecule has 5 heteroatoms. The van der Waals surface area contributed by atoms with Gasteiger partial charge in [0.2, 0.25) is 0 Å². The summed E-state index contributed by atoms with van der Waals surface area (Å²) in [5.74, 6) is 0.458. The van der Waals surface area contributed by atoms with E-state index in [0.717, 1.165) is 36.0 Å². The predicted octanol–water partition coefficient (Wildman–Crippen LogP) is 2.49. The second-order valence-electron chi connectivity index (χ2n) is 4.47. The van der Waals surface area contributed by atoms with Gasteiger partial charge in [0.15, 0.2) is 0 Å². The van der Waals surface area contributed by atoms with Crippen molar-refractivity contribution < 1.29 is 4.74 Å². The first-order valence-electron chi connectivity index (χ1n) is 6.44. The van der Waals surface area contributed by atoms with Crippen molar-refractivity contribution in [3.05, 3.63) is 10.0 Å². The fraction of sp³-hybridized carbons (Fsp3) is 0.833. The number of rotatable bonds is 5. The van der Waals surface area contributed by atoms with Gasteiger partial charge in [-0.1, -0.05) is 25.2 Å². The molecule has 1 aromatic rings. The highest BCUT2D eigenvalue weighted by molar-refractivity contribution is 7.11. The first-order valence-corrected chi connectivity index (χ1v) is 7.26. The maximum absolute atomic E-state index is 5.71. The monoisotopic (exact) mass is 255 g/mol. The van der Waals surface area contributed by atoms with E-state index in [1.165, 1.54) is 0 Å². The van der Waals surface area contributed by atoms with E-state index < -0.39 is 0 Å². The Hall–Kier alpha value is -0.520. The molecule has 96 valence electrons. The van der Waals surface area contributed by atoms with Gasteiger partial charge in [-0.05, 0) is 26.3 Å². The summed E-state index contributed by atoms with van der Waals surface area (Å²) in [6.07, 6.45) is 2.48. The van der Waals surface area contributed by atoms with Gasteiger partial charge in [0.1, 0.15) is 10.0 Å². The Bertz CT molecular complexity index is 355. The summed E-state index contributed by atoms with van der Waals surface area (Å²) >= 11 is 1.73. The van der Waals surface area contributed by atoms with Crippen LogP contribution in [0, 0.1) is 0 Å². The molecule has 1 aliphatic rings. The van der Waals surface area contributed by atoms with Gasteiger partial charge in [-0.15, -0.1) is 10.2 Å².